The number of fused-ring (bicyclic) bond motifs is 1. The Morgan fingerprint density at radius 1 is 1.16 bits per heavy atom. The molecule has 1 N–H and O–H groups in total. The Morgan fingerprint density at radius 3 is 2.53 bits per heavy atom. The summed E-state index contributed by atoms with van der Waals surface area (Å²) in [6.07, 6.45) is 0. The molecule has 0 spiro atoms. The number of rotatable bonds is 4. The zero-order valence-electron chi connectivity index (χ0n) is 12.7. The summed E-state index contributed by atoms with van der Waals surface area (Å²) in [6.45, 7) is 12.9. The molecule has 0 radical (unpaired) electrons. The van der Waals surface area contributed by atoms with Gasteiger partial charge in [0.15, 0.2) is 0 Å². The molecular weight excluding hydrogens is 234 g/mol. The third-order valence-corrected chi connectivity index (χ3v) is 3.29. The molecule has 0 bridgehead atoms. The average Bonchev–Trinajstić information content (AvgIpc) is 2.68. The maximum absolute atomic E-state index is 5.86. The summed E-state index contributed by atoms with van der Waals surface area (Å²) in [7, 11) is 0. The van der Waals surface area contributed by atoms with Crippen molar-refractivity contribution in [1.82, 2.24) is 5.32 Å². The fourth-order valence-electron chi connectivity index (χ4n) is 2.14. The summed E-state index contributed by atoms with van der Waals surface area (Å²) < 4.78 is 5.86. The topological polar surface area (TPSA) is 25.2 Å². The highest BCUT2D eigenvalue weighted by molar-refractivity contribution is 5.79. The van der Waals surface area contributed by atoms with Crippen LogP contribution in [0.1, 0.15) is 45.9 Å². The second kappa shape index (κ2) is 5.38. The monoisotopic (exact) mass is 259 g/mol. The zero-order valence-corrected chi connectivity index (χ0v) is 12.7. The molecule has 1 heterocycles. The third-order valence-electron chi connectivity index (χ3n) is 3.29. The van der Waals surface area contributed by atoms with Crippen LogP contribution in [0.4, 0.5) is 0 Å². The molecule has 0 saturated carbocycles. The van der Waals surface area contributed by atoms with E-state index >= 15 is 0 Å². The number of nitrogens with one attached hydrogen (secondary N) is 1. The van der Waals surface area contributed by atoms with E-state index in [1.165, 1.54) is 10.9 Å². The van der Waals surface area contributed by atoms with Crippen molar-refractivity contribution in [2.75, 3.05) is 6.54 Å². The summed E-state index contributed by atoms with van der Waals surface area (Å²) >= 11 is 0. The van der Waals surface area contributed by atoms with Gasteiger partial charge >= 0.3 is 0 Å². The first kappa shape index (κ1) is 14.1. The van der Waals surface area contributed by atoms with Crippen molar-refractivity contribution >= 4 is 11.0 Å². The fourth-order valence-corrected chi connectivity index (χ4v) is 2.14. The highest BCUT2D eigenvalue weighted by atomic mass is 16.3. The smallest absolute Gasteiger partial charge is 0.134 e. The highest BCUT2D eigenvalue weighted by Gasteiger charge is 2.15. The van der Waals surface area contributed by atoms with Crippen LogP contribution in [0.5, 0.6) is 0 Å². The highest BCUT2D eigenvalue weighted by Crippen LogP contribution is 2.27. The van der Waals surface area contributed by atoms with Crippen LogP contribution in [-0.4, -0.2) is 6.54 Å². The van der Waals surface area contributed by atoms with Gasteiger partial charge in [-0.15, -0.1) is 0 Å². The van der Waals surface area contributed by atoms with Gasteiger partial charge in [-0.3, -0.25) is 0 Å². The maximum Gasteiger partial charge on any atom is 0.134 e. The quantitative estimate of drug-likeness (QED) is 0.876. The van der Waals surface area contributed by atoms with E-state index in [1.807, 2.05) is 0 Å². The van der Waals surface area contributed by atoms with E-state index in [4.69, 9.17) is 4.42 Å². The molecule has 0 aliphatic heterocycles. The number of furan rings is 1. The molecule has 0 unspecified atom stereocenters. The van der Waals surface area contributed by atoms with Gasteiger partial charge in [0.05, 0.1) is 6.54 Å². The van der Waals surface area contributed by atoms with Crippen molar-refractivity contribution in [2.45, 2.75) is 46.6 Å². The van der Waals surface area contributed by atoms with E-state index in [9.17, 15) is 0 Å². The van der Waals surface area contributed by atoms with Crippen molar-refractivity contribution in [3.05, 3.63) is 35.6 Å². The minimum Gasteiger partial charge on any atom is -0.460 e. The van der Waals surface area contributed by atoms with Crippen LogP contribution in [-0.2, 0) is 12.0 Å². The van der Waals surface area contributed by atoms with Crippen LogP contribution in [0.25, 0.3) is 11.0 Å². The lowest BCUT2D eigenvalue weighted by atomic mass is 9.86. The van der Waals surface area contributed by atoms with Gasteiger partial charge in [0.1, 0.15) is 11.3 Å². The van der Waals surface area contributed by atoms with Gasteiger partial charge in [-0.25, -0.2) is 0 Å². The summed E-state index contributed by atoms with van der Waals surface area (Å²) in [4.78, 5) is 0. The lowest BCUT2D eigenvalue weighted by Gasteiger charge is -2.18. The summed E-state index contributed by atoms with van der Waals surface area (Å²) in [5, 5.41) is 4.62. The second-order valence-electron chi connectivity index (χ2n) is 6.74. The summed E-state index contributed by atoms with van der Waals surface area (Å²) in [5.41, 5.74) is 2.51. The second-order valence-corrected chi connectivity index (χ2v) is 6.74. The Balaban J connectivity index is 2.16. The van der Waals surface area contributed by atoms with Gasteiger partial charge in [-0.2, -0.15) is 0 Å². The van der Waals surface area contributed by atoms with Gasteiger partial charge < -0.3 is 9.73 Å². The molecule has 0 saturated heterocycles. The van der Waals surface area contributed by atoms with Crippen molar-refractivity contribution in [3.8, 4) is 0 Å². The molecule has 2 aromatic rings. The van der Waals surface area contributed by atoms with Crippen molar-refractivity contribution < 1.29 is 4.42 Å². The third kappa shape index (κ3) is 3.60. The molecular formula is C17H25NO. The van der Waals surface area contributed by atoms with E-state index in [1.54, 1.807) is 0 Å². The van der Waals surface area contributed by atoms with Gasteiger partial charge in [0, 0.05) is 5.39 Å². The van der Waals surface area contributed by atoms with Crippen LogP contribution < -0.4 is 5.32 Å². The Labute approximate surface area is 116 Å². The van der Waals surface area contributed by atoms with Gasteiger partial charge in [-0.1, -0.05) is 40.7 Å². The average molecular weight is 259 g/mol. The molecule has 0 atom stereocenters. The first-order valence-electron chi connectivity index (χ1n) is 7.10. The van der Waals surface area contributed by atoms with Gasteiger partial charge in [0.25, 0.3) is 0 Å². The lowest BCUT2D eigenvalue weighted by molar-refractivity contribution is 0.485. The van der Waals surface area contributed by atoms with Crippen LogP contribution in [0.3, 0.4) is 0 Å². The summed E-state index contributed by atoms with van der Waals surface area (Å²) in [5.74, 6) is 1.68. The molecule has 1 aromatic heterocycles. The Hall–Kier alpha value is -1.28. The molecule has 2 nitrogen and oxygen atoms in total. The molecule has 2 heteroatoms. The van der Waals surface area contributed by atoms with E-state index in [-0.39, 0.29) is 5.41 Å². The van der Waals surface area contributed by atoms with Crippen LogP contribution >= 0.6 is 0 Å². The van der Waals surface area contributed by atoms with Crippen molar-refractivity contribution in [3.63, 3.8) is 0 Å². The molecule has 19 heavy (non-hydrogen) atoms. The molecule has 1 aromatic carbocycles. The fraction of sp³-hybridized carbons (Fsp3) is 0.529. The van der Waals surface area contributed by atoms with Crippen LogP contribution in [0.15, 0.2) is 28.7 Å². The van der Waals surface area contributed by atoms with Crippen molar-refractivity contribution in [1.29, 1.82) is 0 Å². The molecule has 0 fully saturated rings. The molecule has 104 valence electrons. The maximum atomic E-state index is 5.86. The number of hydrogen-bond acceptors (Lipinski definition) is 2. The predicted octanol–water partition coefficient (Wildman–Crippen LogP) is 4.48. The predicted molar refractivity (Wildman–Crippen MR) is 81.5 cm³/mol. The Bertz CT molecular complexity index is 546. The molecule has 0 aliphatic rings. The Morgan fingerprint density at radius 2 is 1.89 bits per heavy atom. The van der Waals surface area contributed by atoms with Crippen LogP contribution in [0, 0.1) is 5.92 Å². The largest absolute Gasteiger partial charge is 0.460 e. The standard InChI is InChI=1S/C17H25NO/c1-12(2)10-18-11-15-9-13-8-14(17(3,4)5)6-7-16(13)19-15/h6-9,12,18H,10-11H2,1-5H3. The SMILES string of the molecule is CC(C)CNCc1cc2cc(C(C)(C)C)ccc2o1. The summed E-state index contributed by atoms with van der Waals surface area (Å²) in [6, 6.07) is 8.64. The van der Waals surface area contributed by atoms with Crippen molar-refractivity contribution in [2.24, 2.45) is 5.92 Å². The van der Waals surface area contributed by atoms with E-state index in [0.29, 0.717) is 5.92 Å². The van der Waals surface area contributed by atoms with E-state index in [2.05, 4.69) is 64.2 Å². The minimum atomic E-state index is 0.182. The molecule has 0 aliphatic carbocycles. The Kier molecular flexibility index (Phi) is 4.00. The van der Waals surface area contributed by atoms with Gasteiger partial charge in [-0.05, 0) is 41.6 Å². The minimum absolute atomic E-state index is 0.182. The number of benzene rings is 1. The lowest BCUT2D eigenvalue weighted by Crippen LogP contribution is -2.18. The zero-order chi connectivity index (χ0) is 14.0. The van der Waals surface area contributed by atoms with E-state index in [0.717, 1.165) is 24.4 Å². The first-order chi connectivity index (χ1) is 8.86. The van der Waals surface area contributed by atoms with E-state index < -0.39 is 0 Å². The van der Waals surface area contributed by atoms with Crippen LogP contribution in [0.2, 0.25) is 0 Å². The number of hydrogen-bond donors (Lipinski definition) is 1. The normalized spacial score (nSPS) is 12.5. The molecule has 2 rings (SSSR count). The van der Waals surface area contributed by atoms with Gasteiger partial charge in [0.2, 0.25) is 0 Å². The first-order valence-corrected chi connectivity index (χ1v) is 7.10. The molecule has 0 amide bonds.